The van der Waals surface area contributed by atoms with Crippen LogP contribution in [0.25, 0.3) is 0 Å². The summed E-state index contributed by atoms with van der Waals surface area (Å²) in [6, 6.07) is 0. The minimum Gasteiger partial charge on any atom is -0.481 e. The molecular weight excluding hydrogens is 176 g/mol. The van der Waals surface area contributed by atoms with Crippen molar-refractivity contribution in [1.29, 1.82) is 0 Å². The fraction of sp³-hybridized carbons (Fsp3) is 0.750. The zero-order valence-corrected chi connectivity index (χ0v) is 9.34. The minimum absolute atomic E-state index is 0.244. The average molecular weight is 196 g/mol. The van der Waals surface area contributed by atoms with Crippen LogP contribution in [-0.2, 0) is 4.79 Å². The number of allylic oxidation sites excluding steroid dienone is 1. The number of carboxylic acid groups (broad SMARTS) is 1. The molecule has 2 unspecified atom stereocenters. The molecule has 0 aromatic rings. The molecule has 0 saturated heterocycles. The Balaban J connectivity index is 3.17. The third-order valence-corrected chi connectivity index (χ3v) is 4.09. The number of carbonyl (C=O) groups is 1. The molecule has 2 atom stereocenters. The third kappa shape index (κ3) is 1.28. The maximum absolute atomic E-state index is 11.5. The molecule has 0 spiro atoms. The largest absolute Gasteiger partial charge is 0.481 e. The van der Waals surface area contributed by atoms with E-state index in [9.17, 15) is 9.90 Å². The maximum atomic E-state index is 11.5. The van der Waals surface area contributed by atoms with E-state index >= 15 is 0 Å². The first-order chi connectivity index (χ1) is 6.38. The summed E-state index contributed by atoms with van der Waals surface area (Å²) in [5.41, 5.74) is -0.927. The highest BCUT2D eigenvalue weighted by Gasteiger charge is 2.55. The Morgan fingerprint density at radius 1 is 1.64 bits per heavy atom. The Hall–Kier alpha value is -0.790. The van der Waals surface area contributed by atoms with Crippen LogP contribution in [0.1, 0.15) is 40.0 Å². The van der Waals surface area contributed by atoms with Gasteiger partial charge in [-0.15, -0.1) is 6.58 Å². The zero-order valence-electron chi connectivity index (χ0n) is 9.34. The molecule has 0 aromatic heterocycles. The van der Waals surface area contributed by atoms with Crippen LogP contribution < -0.4 is 0 Å². The second-order valence-corrected chi connectivity index (χ2v) is 5.00. The summed E-state index contributed by atoms with van der Waals surface area (Å²) in [6.45, 7) is 9.79. The molecule has 14 heavy (non-hydrogen) atoms. The predicted molar refractivity (Wildman–Crippen MR) is 57.1 cm³/mol. The first-order valence-electron chi connectivity index (χ1n) is 5.25. The van der Waals surface area contributed by atoms with Gasteiger partial charge in [0.1, 0.15) is 0 Å². The van der Waals surface area contributed by atoms with Crippen LogP contribution >= 0.6 is 0 Å². The molecular formula is C12H20O2. The maximum Gasteiger partial charge on any atom is 0.310 e. The highest BCUT2D eigenvalue weighted by Crippen LogP contribution is 2.55. The minimum atomic E-state index is -0.660. The molecule has 1 saturated carbocycles. The van der Waals surface area contributed by atoms with Crippen molar-refractivity contribution in [3.63, 3.8) is 0 Å². The smallest absolute Gasteiger partial charge is 0.310 e. The Bertz CT molecular complexity index is 255. The van der Waals surface area contributed by atoms with Gasteiger partial charge in [0.2, 0.25) is 0 Å². The lowest BCUT2D eigenvalue weighted by Crippen LogP contribution is -2.45. The third-order valence-electron chi connectivity index (χ3n) is 4.09. The first kappa shape index (κ1) is 11.3. The van der Waals surface area contributed by atoms with Gasteiger partial charge in [-0.2, -0.15) is 0 Å². The number of hydrogen-bond donors (Lipinski definition) is 1. The van der Waals surface area contributed by atoms with Crippen LogP contribution in [0.4, 0.5) is 0 Å². The molecule has 0 aliphatic heterocycles. The van der Waals surface area contributed by atoms with E-state index in [1.165, 1.54) is 0 Å². The van der Waals surface area contributed by atoms with E-state index in [2.05, 4.69) is 6.58 Å². The number of hydrogen-bond acceptors (Lipinski definition) is 1. The second-order valence-electron chi connectivity index (χ2n) is 5.00. The fourth-order valence-electron chi connectivity index (χ4n) is 2.91. The number of aliphatic carboxylic acids is 1. The van der Waals surface area contributed by atoms with Crippen LogP contribution in [-0.4, -0.2) is 11.1 Å². The lowest BCUT2D eigenvalue weighted by atomic mass is 9.60. The van der Waals surface area contributed by atoms with Crippen LogP contribution in [0.5, 0.6) is 0 Å². The van der Waals surface area contributed by atoms with Crippen molar-refractivity contribution in [2.45, 2.75) is 40.0 Å². The van der Waals surface area contributed by atoms with E-state index in [-0.39, 0.29) is 11.3 Å². The number of carboxylic acids is 1. The van der Waals surface area contributed by atoms with Crippen LogP contribution in [0.3, 0.4) is 0 Å². The molecule has 0 amide bonds. The number of rotatable bonds is 3. The highest BCUT2D eigenvalue weighted by molar-refractivity contribution is 5.77. The van der Waals surface area contributed by atoms with Gasteiger partial charge in [0.05, 0.1) is 5.41 Å². The van der Waals surface area contributed by atoms with Crippen molar-refractivity contribution in [3.8, 4) is 0 Å². The topological polar surface area (TPSA) is 37.3 Å². The van der Waals surface area contributed by atoms with Crippen molar-refractivity contribution in [1.82, 2.24) is 0 Å². The van der Waals surface area contributed by atoms with Gasteiger partial charge in [-0.25, -0.2) is 0 Å². The Morgan fingerprint density at radius 2 is 2.21 bits per heavy atom. The normalized spacial score (nSPS) is 32.9. The van der Waals surface area contributed by atoms with Crippen molar-refractivity contribution < 1.29 is 9.90 Å². The molecule has 1 aliphatic carbocycles. The van der Waals surface area contributed by atoms with Crippen LogP contribution in [0.2, 0.25) is 0 Å². The summed E-state index contributed by atoms with van der Waals surface area (Å²) in [6.07, 6.45) is 4.61. The Kier molecular flexibility index (Phi) is 2.75. The van der Waals surface area contributed by atoms with E-state index in [0.717, 1.165) is 19.3 Å². The molecule has 0 aromatic carbocycles. The summed E-state index contributed by atoms with van der Waals surface area (Å²) in [4.78, 5) is 11.5. The first-order valence-corrected chi connectivity index (χ1v) is 5.25. The summed E-state index contributed by atoms with van der Waals surface area (Å²) in [5, 5.41) is 9.45. The lowest BCUT2D eigenvalue weighted by Gasteiger charge is -2.42. The molecule has 2 heteroatoms. The quantitative estimate of drug-likeness (QED) is 0.704. The van der Waals surface area contributed by atoms with Crippen molar-refractivity contribution in [2.75, 3.05) is 0 Å². The van der Waals surface area contributed by atoms with E-state index in [1.807, 2.05) is 20.8 Å². The Labute approximate surface area is 86.0 Å². The summed E-state index contributed by atoms with van der Waals surface area (Å²) < 4.78 is 0. The van der Waals surface area contributed by atoms with E-state index in [4.69, 9.17) is 0 Å². The summed E-state index contributed by atoms with van der Waals surface area (Å²) in [5.74, 6) is -0.416. The van der Waals surface area contributed by atoms with Gasteiger partial charge in [-0.05, 0) is 24.2 Å². The van der Waals surface area contributed by atoms with Gasteiger partial charge < -0.3 is 5.11 Å². The average Bonchev–Trinajstić information content (AvgIpc) is 2.48. The van der Waals surface area contributed by atoms with Crippen LogP contribution in [0.15, 0.2) is 12.7 Å². The standard InChI is InChI=1S/C12H20O2/c1-5-11(3,4)12(10(13)14)8-6-7-9(12)2/h5,9H,1,6-8H2,2-4H3,(H,13,14). The van der Waals surface area contributed by atoms with Crippen molar-refractivity contribution in [2.24, 2.45) is 16.7 Å². The fourth-order valence-corrected chi connectivity index (χ4v) is 2.91. The molecule has 0 radical (unpaired) electrons. The molecule has 1 aliphatic rings. The Morgan fingerprint density at radius 3 is 2.50 bits per heavy atom. The molecule has 1 fully saturated rings. The van der Waals surface area contributed by atoms with Gasteiger partial charge >= 0.3 is 5.97 Å². The van der Waals surface area contributed by atoms with Gasteiger partial charge in [0, 0.05) is 0 Å². The van der Waals surface area contributed by atoms with Gasteiger partial charge in [0.25, 0.3) is 0 Å². The van der Waals surface area contributed by atoms with E-state index in [0.29, 0.717) is 0 Å². The van der Waals surface area contributed by atoms with E-state index < -0.39 is 11.4 Å². The molecule has 80 valence electrons. The molecule has 1 rings (SSSR count). The van der Waals surface area contributed by atoms with Crippen LogP contribution in [0, 0.1) is 16.7 Å². The molecule has 0 heterocycles. The molecule has 2 nitrogen and oxygen atoms in total. The lowest BCUT2D eigenvalue weighted by molar-refractivity contribution is -0.157. The SMILES string of the molecule is C=CC(C)(C)C1(C(=O)O)CCCC1C. The van der Waals surface area contributed by atoms with Gasteiger partial charge in [-0.1, -0.05) is 33.3 Å². The van der Waals surface area contributed by atoms with Gasteiger partial charge in [0.15, 0.2) is 0 Å². The molecule has 1 N–H and O–H groups in total. The predicted octanol–water partition coefficient (Wildman–Crippen LogP) is 3.09. The zero-order chi connectivity index (χ0) is 11.0. The van der Waals surface area contributed by atoms with Crippen molar-refractivity contribution in [3.05, 3.63) is 12.7 Å². The summed E-state index contributed by atoms with van der Waals surface area (Å²) in [7, 11) is 0. The van der Waals surface area contributed by atoms with Crippen molar-refractivity contribution >= 4 is 5.97 Å². The summed E-state index contributed by atoms with van der Waals surface area (Å²) >= 11 is 0. The second kappa shape index (κ2) is 3.41. The van der Waals surface area contributed by atoms with E-state index in [1.54, 1.807) is 6.08 Å². The monoisotopic (exact) mass is 196 g/mol. The molecule has 0 bridgehead atoms. The highest BCUT2D eigenvalue weighted by atomic mass is 16.4. The van der Waals surface area contributed by atoms with Gasteiger partial charge in [-0.3, -0.25) is 4.79 Å².